The highest BCUT2D eigenvalue weighted by Gasteiger charge is 2.16. The maximum absolute atomic E-state index is 12.3. The van der Waals surface area contributed by atoms with Crippen molar-refractivity contribution in [2.45, 2.75) is 25.7 Å². The van der Waals surface area contributed by atoms with Crippen molar-refractivity contribution < 1.29 is 9.59 Å². The van der Waals surface area contributed by atoms with Crippen LogP contribution in [0.15, 0.2) is 24.3 Å². The molecule has 0 atom stereocenters. The predicted octanol–water partition coefficient (Wildman–Crippen LogP) is 2.19. The molecule has 2 rings (SSSR count). The van der Waals surface area contributed by atoms with E-state index in [0.29, 0.717) is 11.3 Å². The topological polar surface area (TPSA) is 75.4 Å². The van der Waals surface area contributed by atoms with Crippen molar-refractivity contribution in [3.05, 3.63) is 29.8 Å². The van der Waals surface area contributed by atoms with E-state index in [0.717, 1.165) is 25.9 Å². The van der Waals surface area contributed by atoms with Crippen molar-refractivity contribution in [1.29, 1.82) is 0 Å². The monoisotopic (exact) mass is 261 g/mol. The number of urea groups is 1. The Morgan fingerprint density at radius 3 is 2.11 bits per heavy atom. The molecular weight excluding hydrogens is 242 g/mol. The summed E-state index contributed by atoms with van der Waals surface area (Å²) in [6, 6.07) is 6.22. The first-order valence-electron chi connectivity index (χ1n) is 6.62. The van der Waals surface area contributed by atoms with Gasteiger partial charge >= 0.3 is 6.03 Å². The van der Waals surface area contributed by atoms with Crippen LogP contribution in [-0.2, 0) is 0 Å². The van der Waals surface area contributed by atoms with Gasteiger partial charge in [0.05, 0.1) is 0 Å². The molecule has 0 saturated carbocycles. The molecule has 0 bridgehead atoms. The molecule has 1 aliphatic heterocycles. The van der Waals surface area contributed by atoms with E-state index in [2.05, 4.69) is 5.32 Å². The number of hydrogen-bond acceptors (Lipinski definition) is 2. The van der Waals surface area contributed by atoms with Crippen molar-refractivity contribution in [2.75, 3.05) is 18.4 Å². The first-order valence-corrected chi connectivity index (χ1v) is 6.62. The van der Waals surface area contributed by atoms with E-state index in [1.54, 1.807) is 24.3 Å². The van der Waals surface area contributed by atoms with Gasteiger partial charge in [0.15, 0.2) is 0 Å². The lowest BCUT2D eigenvalue weighted by atomic mass is 10.1. The summed E-state index contributed by atoms with van der Waals surface area (Å²) in [4.78, 5) is 24.9. The minimum Gasteiger partial charge on any atom is -0.351 e. The van der Waals surface area contributed by atoms with Crippen LogP contribution in [0.3, 0.4) is 0 Å². The van der Waals surface area contributed by atoms with Crippen LogP contribution >= 0.6 is 0 Å². The van der Waals surface area contributed by atoms with E-state index in [4.69, 9.17) is 5.73 Å². The Hall–Kier alpha value is -2.04. The Morgan fingerprint density at radius 2 is 1.58 bits per heavy atom. The largest absolute Gasteiger partial charge is 0.351 e. The van der Waals surface area contributed by atoms with Crippen LogP contribution in [0.1, 0.15) is 36.0 Å². The van der Waals surface area contributed by atoms with Crippen LogP contribution in [0.4, 0.5) is 10.5 Å². The second-order valence-electron chi connectivity index (χ2n) is 4.77. The van der Waals surface area contributed by atoms with Gasteiger partial charge in [-0.15, -0.1) is 0 Å². The third-order valence-corrected chi connectivity index (χ3v) is 3.29. The van der Waals surface area contributed by atoms with Gasteiger partial charge in [-0.2, -0.15) is 0 Å². The van der Waals surface area contributed by atoms with Crippen LogP contribution in [0.2, 0.25) is 0 Å². The summed E-state index contributed by atoms with van der Waals surface area (Å²) in [5, 5.41) is 2.47. The van der Waals surface area contributed by atoms with Gasteiger partial charge in [0.2, 0.25) is 0 Å². The summed E-state index contributed by atoms with van der Waals surface area (Å²) in [5.41, 5.74) is 6.28. The third kappa shape index (κ3) is 3.71. The number of carbonyl (C=O) groups excluding carboxylic acids is 2. The van der Waals surface area contributed by atoms with Crippen molar-refractivity contribution in [1.82, 2.24) is 4.90 Å². The zero-order chi connectivity index (χ0) is 13.7. The Morgan fingerprint density at radius 1 is 1.00 bits per heavy atom. The summed E-state index contributed by atoms with van der Waals surface area (Å²) in [6.07, 6.45) is 4.55. The quantitative estimate of drug-likeness (QED) is 0.856. The van der Waals surface area contributed by atoms with Crippen LogP contribution in [0.5, 0.6) is 0 Å². The summed E-state index contributed by atoms with van der Waals surface area (Å²) < 4.78 is 0. The maximum Gasteiger partial charge on any atom is 0.316 e. The number of anilines is 1. The number of benzene rings is 1. The van der Waals surface area contributed by atoms with Crippen LogP contribution < -0.4 is 11.1 Å². The molecule has 19 heavy (non-hydrogen) atoms. The molecule has 5 nitrogen and oxygen atoms in total. The smallest absolute Gasteiger partial charge is 0.316 e. The number of amides is 3. The maximum atomic E-state index is 12.3. The lowest BCUT2D eigenvalue weighted by Crippen LogP contribution is -2.31. The van der Waals surface area contributed by atoms with Gasteiger partial charge in [-0.25, -0.2) is 4.79 Å². The van der Waals surface area contributed by atoms with Gasteiger partial charge in [0.1, 0.15) is 0 Å². The summed E-state index contributed by atoms with van der Waals surface area (Å²) in [6.45, 7) is 1.67. The summed E-state index contributed by atoms with van der Waals surface area (Å²) >= 11 is 0. The molecule has 1 aromatic carbocycles. The molecule has 3 N–H and O–H groups in total. The van der Waals surface area contributed by atoms with Gasteiger partial charge in [0, 0.05) is 24.3 Å². The highest BCUT2D eigenvalue weighted by atomic mass is 16.2. The molecule has 1 aliphatic rings. The van der Waals surface area contributed by atoms with E-state index in [9.17, 15) is 9.59 Å². The Kier molecular flexibility index (Phi) is 4.39. The average molecular weight is 261 g/mol. The number of nitrogens with zero attached hydrogens (tertiary/aromatic N) is 1. The van der Waals surface area contributed by atoms with E-state index in [-0.39, 0.29) is 5.91 Å². The molecule has 0 radical (unpaired) electrons. The lowest BCUT2D eigenvalue weighted by Gasteiger charge is -2.20. The number of likely N-dealkylation sites (tertiary alicyclic amines) is 1. The van der Waals surface area contributed by atoms with Crippen LogP contribution in [0.25, 0.3) is 0 Å². The molecule has 0 spiro atoms. The third-order valence-electron chi connectivity index (χ3n) is 3.29. The molecule has 3 amide bonds. The number of nitrogens with one attached hydrogen (secondary N) is 1. The lowest BCUT2D eigenvalue weighted by molar-refractivity contribution is 0.0761. The zero-order valence-corrected chi connectivity index (χ0v) is 10.9. The summed E-state index contributed by atoms with van der Waals surface area (Å²) in [5.74, 6) is 0.0625. The van der Waals surface area contributed by atoms with Crippen LogP contribution in [-0.4, -0.2) is 29.9 Å². The Bertz CT molecular complexity index is 448. The highest BCUT2D eigenvalue weighted by Crippen LogP contribution is 2.15. The van der Waals surface area contributed by atoms with Crippen LogP contribution in [0, 0.1) is 0 Å². The SMILES string of the molecule is NC(=O)Nc1ccc(C(=O)N2CCCCCC2)cc1. The number of hydrogen-bond donors (Lipinski definition) is 2. The standard InChI is InChI=1S/C14H19N3O2/c15-14(19)16-12-7-5-11(6-8-12)13(18)17-9-3-1-2-4-10-17/h5-8H,1-4,9-10H2,(H3,15,16,19). The molecule has 0 unspecified atom stereocenters. The number of primary amides is 1. The fourth-order valence-electron chi connectivity index (χ4n) is 2.29. The number of rotatable bonds is 2. The zero-order valence-electron chi connectivity index (χ0n) is 10.9. The normalized spacial score (nSPS) is 15.7. The Labute approximate surface area is 112 Å². The first kappa shape index (κ1) is 13.4. The van der Waals surface area contributed by atoms with E-state index >= 15 is 0 Å². The second-order valence-corrected chi connectivity index (χ2v) is 4.77. The molecule has 1 aromatic rings. The molecular formula is C14H19N3O2. The molecule has 5 heteroatoms. The van der Waals surface area contributed by atoms with Gasteiger partial charge in [-0.05, 0) is 37.1 Å². The van der Waals surface area contributed by atoms with E-state index in [1.165, 1.54) is 12.8 Å². The molecule has 1 saturated heterocycles. The van der Waals surface area contributed by atoms with Crippen molar-refractivity contribution in [2.24, 2.45) is 5.73 Å². The van der Waals surface area contributed by atoms with Gasteiger partial charge in [0.25, 0.3) is 5.91 Å². The Balaban J connectivity index is 2.04. The molecule has 0 aromatic heterocycles. The second kappa shape index (κ2) is 6.22. The van der Waals surface area contributed by atoms with Gasteiger partial charge < -0.3 is 16.0 Å². The highest BCUT2D eigenvalue weighted by molar-refractivity contribution is 5.95. The van der Waals surface area contributed by atoms with Gasteiger partial charge in [-0.1, -0.05) is 12.8 Å². The minimum atomic E-state index is -0.605. The number of nitrogens with two attached hydrogens (primary N) is 1. The predicted molar refractivity (Wildman–Crippen MR) is 74.0 cm³/mol. The summed E-state index contributed by atoms with van der Waals surface area (Å²) in [7, 11) is 0. The average Bonchev–Trinajstić information content (AvgIpc) is 2.67. The van der Waals surface area contributed by atoms with Gasteiger partial charge in [-0.3, -0.25) is 4.79 Å². The van der Waals surface area contributed by atoms with E-state index < -0.39 is 6.03 Å². The number of carbonyl (C=O) groups is 2. The minimum absolute atomic E-state index is 0.0625. The molecule has 1 heterocycles. The molecule has 1 fully saturated rings. The molecule has 0 aliphatic carbocycles. The van der Waals surface area contributed by atoms with E-state index in [1.807, 2.05) is 4.90 Å². The fraction of sp³-hybridized carbons (Fsp3) is 0.429. The van der Waals surface area contributed by atoms with Crippen molar-refractivity contribution in [3.8, 4) is 0 Å². The molecule has 102 valence electrons. The fourth-order valence-corrected chi connectivity index (χ4v) is 2.29. The van der Waals surface area contributed by atoms with Crippen molar-refractivity contribution >= 4 is 17.6 Å². The van der Waals surface area contributed by atoms with Crippen molar-refractivity contribution in [3.63, 3.8) is 0 Å². The first-order chi connectivity index (χ1) is 9.16.